The maximum Gasteiger partial charge on any atom is 0.459 e. The van der Waals surface area contributed by atoms with Crippen LogP contribution < -0.4 is 9.05 Å². The molecule has 0 radical (unpaired) electrons. The first-order valence-corrected chi connectivity index (χ1v) is 12.3. The molecule has 4 aromatic carbocycles. The van der Waals surface area contributed by atoms with Gasteiger partial charge in [-0.05, 0) is 54.1 Å². The molecule has 5 rings (SSSR count). The summed E-state index contributed by atoms with van der Waals surface area (Å²) >= 11 is 6.14. The summed E-state index contributed by atoms with van der Waals surface area (Å²) in [6.07, 6.45) is 0. The third kappa shape index (κ3) is 4.49. The molecule has 1 aromatic heterocycles. The van der Waals surface area contributed by atoms with Gasteiger partial charge in [-0.15, -0.1) is 5.10 Å². The van der Waals surface area contributed by atoms with Crippen molar-refractivity contribution in [1.29, 1.82) is 0 Å². The number of rotatable bonds is 7. The fourth-order valence-corrected chi connectivity index (χ4v) is 5.71. The van der Waals surface area contributed by atoms with E-state index in [2.05, 4.69) is 10.3 Å². The van der Waals surface area contributed by atoms with Crippen LogP contribution in [0.3, 0.4) is 0 Å². The SMILES string of the molecule is O=P(Oc1ccccc1)(Oc1ccccc1)[C@H](c1ccc(Cl)cc1)n1nnc2ccccc21. The van der Waals surface area contributed by atoms with Gasteiger partial charge in [-0.2, -0.15) is 0 Å². The van der Waals surface area contributed by atoms with Crippen molar-refractivity contribution in [3.63, 3.8) is 0 Å². The van der Waals surface area contributed by atoms with E-state index in [1.807, 2.05) is 60.7 Å². The Morgan fingerprint density at radius 1 is 0.727 bits per heavy atom. The average Bonchev–Trinajstić information content (AvgIpc) is 3.25. The van der Waals surface area contributed by atoms with Gasteiger partial charge in [0.2, 0.25) is 5.78 Å². The fraction of sp³-hybridized carbons (Fsp3) is 0.0400. The Hall–Kier alpha value is -3.60. The van der Waals surface area contributed by atoms with E-state index in [-0.39, 0.29) is 0 Å². The third-order valence-electron chi connectivity index (χ3n) is 5.03. The first-order valence-electron chi connectivity index (χ1n) is 10.3. The molecule has 0 spiro atoms. The van der Waals surface area contributed by atoms with Gasteiger partial charge in [-0.1, -0.05) is 77.5 Å². The first kappa shape index (κ1) is 21.3. The summed E-state index contributed by atoms with van der Waals surface area (Å²) in [6.45, 7) is 0. The van der Waals surface area contributed by atoms with Crippen LogP contribution in [0.5, 0.6) is 11.5 Å². The highest BCUT2D eigenvalue weighted by Gasteiger charge is 2.44. The van der Waals surface area contributed by atoms with Gasteiger partial charge in [0.15, 0.2) is 0 Å². The number of benzene rings is 4. The standard InChI is InChI=1S/C25H19ClN3O3P/c26-20-17-15-19(16-18-20)25(29-24-14-8-7-13-23(24)27-28-29)33(30,31-21-9-3-1-4-10-21)32-22-11-5-2-6-12-22/h1-18,25H/t25-/m1/s1. The molecule has 1 heterocycles. The molecule has 33 heavy (non-hydrogen) atoms. The number of para-hydroxylation sites is 3. The van der Waals surface area contributed by atoms with Crippen molar-refractivity contribution in [2.45, 2.75) is 5.78 Å². The van der Waals surface area contributed by atoms with Gasteiger partial charge in [-0.25, -0.2) is 9.25 Å². The van der Waals surface area contributed by atoms with Gasteiger partial charge in [0, 0.05) is 5.02 Å². The number of nitrogens with zero attached hydrogens (tertiary/aromatic N) is 3. The normalized spacial score (nSPS) is 12.4. The predicted molar refractivity (Wildman–Crippen MR) is 129 cm³/mol. The van der Waals surface area contributed by atoms with E-state index in [1.54, 1.807) is 53.2 Å². The third-order valence-corrected chi connectivity index (χ3v) is 7.33. The molecule has 0 aliphatic heterocycles. The summed E-state index contributed by atoms with van der Waals surface area (Å²) < 4.78 is 28.6. The Morgan fingerprint density at radius 3 is 1.88 bits per heavy atom. The van der Waals surface area contributed by atoms with E-state index < -0.39 is 13.4 Å². The van der Waals surface area contributed by atoms with Crippen molar-refractivity contribution < 1.29 is 13.6 Å². The van der Waals surface area contributed by atoms with E-state index in [0.29, 0.717) is 33.1 Å². The molecule has 1 atom stereocenters. The topological polar surface area (TPSA) is 66.2 Å². The Morgan fingerprint density at radius 2 is 1.27 bits per heavy atom. The van der Waals surface area contributed by atoms with Crippen LogP contribution in [0, 0.1) is 0 Å². The monoisotopic (exact) mass is 475 g/mol. The van der Waals surface area contributed by atoms with E-state index in [9.17, 15) is 4.57 Å². The van der Waals surface area contributed by atoms with Gasteiger partial charge >= 0.3 is 7.60 Å². The van der Waals surface area contributed by atoms with E-state index >= 15 is 0 Å². The zero-order valence-electron chi connectivity index (χ0n) is 17.4. The molecule has 0 aliphatic carbocycles. The van der Waals surface area contributed by atoms with Crippen LogP contribution in [0.15, 0.2) is 109 Å². The number of hydrogen-bond acceptors (Lipinski definition) is 5. The van der Waals surface area contributed by atoms with Crippen LogP contribution >= 0.6 is 19.2 Å². The number of halogens is 1. The molecule has 0 amide bonds. The van der Waals surface area contributed by atoms with Gasteiger partial charge < -0.3 is 9.05 Å². The number of hydrogen-bond donors (Lipinski definition) is 0. The van der Waals surface area contributed by atoms with Crippen LogP contribution in [0.1, 0.15) is 11.3 Å². The van der Waals surface area contributed by atoms with Crippen LogP contribution in [0.2, 0.25) is 5.02 Å². The summed E-state index contributed by atoms with van der Waals surface area (Å²) in [5.74, 6) is -0.0946. The molecular weight excluding hydrogens is 457 g/mol. The highest BCUT2D eigenvalue weighted by Crippen LogP contribution is 2.61. The van der Waals surface area contributed by atoms with Crippen LogP contribution in [0.25, 0.3) is 11.0 Å². The smallest absolute Gasteiger partial charge is 0.414 e. The lowest BCUT2D eigenvalue weighted by atomic mass is 10.2. The van der Waals surface area contributed by atoms with Crippen LogP contribution in [-0.4, -0.2) is 15.0 Å². The minimum Gasteiger partial charge on any atom is -0.414 e. The summed E-state index contributed by atoms with van der Waals surface area (Å²) in [7, 11) is -3.99. The minimum atomic E-state index is -3.99. The predicted octanol–water partition coefficient (Wildman–Crippen LogP) is 6.98. The molecule has 0 unspecified atom stereocenters. The average molecular weight is 476 g/mol. The lowest BCUT2D eigenvalue weighted by Gasteiger charge is -2.28. The van der Waals surface area contributed by atoms with Crippen LogP contribution in [-0.2, 0) is 4.57 Å². The van der Waals surface area contributed by atoms with E-state index in [4.69, 9.17) is 20.6 Å². The zero-order valence-corrected chi connectivity index (χ0v) is 19.0. The quantitative estimate of drug-likeness (QED) is 0.237. The Balaban J connectivity index is 1.71. The van der Waals surface area contributed by atoms with E-state index in [0.717, 1.165) is 0 Å². The maximum atomic E-state index is 14.7. The van der Waals surface area contributed by atoms with Gasteiger partial charge in [0.05, 0.1) is 5.52 Å². The Kier molecular flexibility index (Phi) is 5.86. The first-order chi connectivity index (χ1) is 16.1. The summed E-state index contributed by atoms with van der Waals surface area (Å²) in [6, 6.07) is 32.4. The van der Waals surface area contributed by atoms with Crippen LogP contribution in [0.4, 0.5) is 0 Å². The molecular formula is C25H19ClN3O3P. The Bertz CT molecular complexity index is 1360. The van der Waals surface area contributed by atoms with Crippen molar-refractivity contribution >= 4 is 30.2 Å². The second-order valence-electron chi connectivity index (χ2n) is 7.30. The lowest BCUT2D eigenvalue weighted by Crippen LogP contribution is -2.19. The fourth-order valence-electron chi connectivity index (χ4n) is 3.54. The van der Waals surface area contributed by atoms with Crippen molar-refractivity contribution in [1.82, 2.24) is 15.0 Å². The van der Waals surface area contributed by atoms with Crippen molar-refractivity contribution in [2.24, 2.45) is 0 Å². The molecule has 164 valence electrons. The van der Waals surface area contributed by atoms with Gasteiger partial charge in [0.1, 0.15) is 17.0 Å². The molecule has 0 aliphatic rings. The largest absolute Gasteiger partial charge is 0.459 e. The van der Waals surface area contributed by atoms with Gasteiger partial charge in [0.25, 0.3) is 0 Å². The van der Waals surface area contributed by atoms with E-state index in [1.165, 1.54) is 0 Å². The van der Waals surface area contributed by atoms with Crippen molar-refractivity contribution in [2.75, 3.05) is 0 Å². The molecule has 0 saturated carbocycles. The zero-order chi connectivity index (χ0) is 22.7. The molecule has 6 nitrogen and oxygen atoms in total. The summed E-state index contributed by atoms with van der Waals surface area (Å²) in [4.78, 5) is 0. The second-order valence-corrected chi connectivity index (χ2v) is 9.67. The molecule has 8 heteroatoms. The highest BCUT2D eigenvalue weighted by atomic mass is 35.5. The number of fused-ring (bicyclic) bond motifs is 1. The lowest BCUT2D eigenvalue weighted by molar-refractivity contribution is 0.360. The van der Waals surface area contributed by atoms with Crippen molar-refractivity contribution in [3.05, 3.63) is 120 Å². The maximum absolute atomic E-state index is 14.7. The molecule has 0 fully saturated rings. The Labute approximate surface area is 195 Å². The summed E-state index contributed by atoms with van der Waals surface area (Å²) in [5.41, 5.74) is 2.03. The molecule has 0 bridgehead atoms. The molecule has 0 saturated heterocycles. The summed E-state index contributed by atoms with van der Waals surface area (Å²) in [5, 5.41) is 9.17. The van der Waals surface area contributed by atoms with Gasteiger partial charge in [-0.3, -0.25) is 0 Å². The van der Waals surface area contributed by atoms with Crippen molar-refractivity contribution in [3.8, 4) is 11.5 Å². The number of aromatic nitrogens is 3. The highest BCUT2D eigenvalue weighted by molar-refractivity contribution is 7.55. The second kappa shape index (κ2) is 9.10. The minimum absolute atomic E-state index is 0.417. The molecule has 0 N–H and O–H groups in total. The molecule has 5 aromatic rings.